The van der Waals surface area contributed by atoms with Crippen molar-refractivity contribution in [1.29, 1.82) is 0 Å². The summed E-state index contributed by atoms with van der Waals surface area (Å²) in [6, 6.07) is -0.248. The highest BCUT2D eigenvalue weighted by molar-refractivity contribution is 7.87. The normalized spacial score (nSPS) is 25.4. The van der Waals surface area contributed by atoms with Gasteiger partial charge >= 0.3 is 5.97 Å². The van der Waals surface area contributed by atoms with Crippen molar-refractivity contribution in [1.82, 2.24) is 9.03 Å². The molecule has 0 aromatic heterocycles. The number of nitrogens with one attached hydrogen (secondary N) is 1. The second-order valence-corrected chi connectivity index (χ2v) is 5.95. The first-order chi connectivity index (χ1) is 7.90. The van der Waals surface area contributed by atoms with E-state index in [4.69, 9.17) is 5.11 Å². The fraction of sp³-hybridized carbons (Fsp3) is 0.900. The van der Waals surface area contributed by atoms with Crippen LogP contribution in [0, 0.1) is 5.92 Å². The molecule has 0 bridgehead atoms. The van der Waals surface area contributed by atoms with Crippen molar-refractivity contribution in [3.05, 3.63) is 0 Å². The second-order valence-electron chi connectivity index (χ2n) is 4.25. The Hall–Kier alpha value is -0.660. The minimum Gasteiger partial charge on any atom is -0.481 e. The van der Waals surface area contributed by atoms with Gasteiger partial charge in [0.05, 0.1) is 5.92 Å². The van der Waals surface area contributed by atoms with Crippen LogP contribution in [0.4, 0.5) is 0 Å². The smallest absolute Gasteiger partial charge is 0.306 e. The van der Waals surface area contributed by atoms with E-state index in [-0.39, 0.29) is 6.04 Å². The molecule has 6 nitrogen and oxygen atoms in total. The maximum absolute atomic E-state index is 11.9. The van der Waals surface area contributed by atoms with Crippen LogP contribution in [-0.2, 0) is 15.0 Å². The Morgan fingerprint density at radius 2 is 1.94 bits per heavy atom. The van der Waals surface area contributed by atoms with Crippen LogP contribution in [0.15, 0.2) is 0 Å². The summed E-state index contributed by atoms with van der Waals surface area (Å²) >= 11 is 0. The quantitative estimate of drug-likeness (QED) is 0.727. The molecule has 1 aliphatic carbocycles. The second kappa shape index (κ2) is 5.79. The molecule has 1 rings (SSSR count). The summed E-state index contributed by atoms with van der Waals surface area (Å²) < 4.78 is 27.7. The van der Waals surface area contributed by atoms with Gasteiger partial charge in [-0.25, -0.2) is 0 Å². The van der Waals surface area contributed by atoms with Crippen LogP contribution in [-0.4, -0.2) is 42.9 Å². The van der Waals surface area contributed by atoms with Gasteiger partial charge in [-0.2, -0.15) is 17.4 Å². The summed E-state index contributed by atoms with van der Waals surface area (Å²) in [5.74, 6) is -1.26. The van der Waals surface area contributed by atoms with E-state index in [9.17, 15) is 13.2 Å². The minimum atomic E-state index is -3.46. The van der Waals surface area contributed by atoms with Crippen molar-refractivity contribution in [2.24, 2.45) is 5.92 Å². The summed E-state index contributed by atoms with van der Waals surface area (Å²) in [6.07, 6.45) is 1.52. The molecule has 1 saturated carbocycles. The Kier molecular flexibility index (Phi) is 4.91. The third-order valence-electron chi connectivity index (χ3n) is 3.14. The summed E-state index contributed by atoms with van der Waals surface area (Å²) in [5.41, 5.74) is 0. The zero-order valence-electron chi connectivity index (χ0n) is 10.2. The predicted molar refractivity (Wildman–Crippen MR) is 63.7 cm³/mol. The molecule has 7 heteroatoms. The Morgan fingerprint density at radius 1 is 1.35 bits per heavy atom. The van der Waals surface area contributed by atoms with E-state index in [1.165, 1.54) is 4.31 Å². The highest BCUT2D eigenvalue weighted by Gasteiger charge is 2.33. The molecule has 0 unspecified atom stereocenters. The Bertz CT molecular complexity index is 365. The molecular formula is C10H20N2O4S. The molecule has 1 aliphatic rings. The van der Waals surface area contributed by atoms with Gasteiger partial charge in [-0.05, 0) is 19.3 Å². The van der Waals surface area contributed by atoms with Gasteiger partial charge in [0.2, 0.25) is 0 Å². The Balaban J connectivity index is 2.58. The number of hydrogen-bond acceptors (Lipinski definition) is 3. The maximum Gasteiger partial charge on any atom is 0.306 e. The zero-order chi connectivity index (χ0) is 13.1. The lowest BCUT2D eigenvalue weighted by molar-refractivity contribution is -0.141. The van der Waals surface area contributed by atoms with E-state index in [1.807, 2.05) is 0 Å². The number of aliphatic carboxylic acids is 1. The highest BCUT2D eigenvalue weighted by Crippen LogP contribution is 2.26. The average Bonchev–Trinajstić information content (AvgIpc) is 2.66. The van der Waals surface area contributed by atoms with Gasteiger partial charge in [-0.15, -0.1) is 0 Å². The average molecular weight is 264 g/mol. The van der Waals surface area contributed by atoms with E-state index in [0.29, 0.717) is 32.4 Å². The molecule has 2 atom stereocenters. The molecular weight excluding hydrogens is 244 g/mol. The number of carbonyl (C=O) groups is 1. The van der Waals surface area contributed by atoms with Crippen molar-refractivity contribution in [2.45, 2.75) is 39.2 Å². The molecule has 0 amide bonds. The number of rotatable bonds is 6. The fourth-order valence-electron chi connectivity index (χ4n) is 2.16. The SMILES string of the molecule is CCN(CC)S(=O)(=O)N[C@H]1CC[C@@H](C(=O)O)C1. The molecule has 0 radical (unpaired) electrons. The van der Waals surface area contributed by atoms with Gasteiger partial charge in [0.1, 0.15) is 0 Å². The van der Waals surface area contributed by atoms with Gasteiger partial charge in [-0.3, -0.25) is 4.79 Å². The lowest BCUT2D eigenvalue weighted by Gasteiger charge is -2.21. The number of carboxylic acids is 1. The first-order valence-corrected chi connectivity index (χ1v) is 7.34. The predicted octanol–water partition coefficient (Wildman–Crippen LogP) is 0.416. The molecule has 100 valence electrons. The van der Waals surface area contributed by atoms with E-state index < -0.39 is 22.1 Å². The maximum atomic E-state index is 11.9. The Morgan fingerprint density at radius 3 is 2.35 bits per heavy atom. The van der Waals surface area contributed by atoms with Crippen molar-refractivity contribution < 1.29 is 18.3 Å². The molecule has 1 fully saturated rings. The molecule has 2 N–H and O–H groups in total. The first kappa shape index (κ1) is 14.4. The van der Waals surface area contributed by atoms with Crippen LogP contribution in [0.5, 0.6) is 0 Å². The van der Waals surface area contributed by atoms with Crippen LogP contribution in [0.25, 0.3) is 0 Å². The molecule has 0 saturated heterocycles. The van der Waals surface area contributed by atoms with Crippen molar-refractivity contribution in [3.63, 3.8) is 0 Å². The molecule has 17 heavy (non-hydrogen) atoms. The molecule has 0 heterocycles. The van der Waals surface area contributed by atoms with Gasteiger partial charge in [0.25, 0.3) is 10.2 Å². The lowest BCUT2D eigenvalue weighted by Crippen LogP contribution is -2.44. The third kappa shape index (κ3) is 3.65. The first-order valence-electron chi connectivity index (χ1n) is 5.90. The van der Waals surface area contributed by atoms with Crippen LogP contribution < -0.4 is 4.72 Å². The largest absolute Gasteiger partial charge is 0.481 e. The minimum absolute atomic E-state index is 0.248. The van der Waals surface area contributed by atoms with Gasteiger partial charge in [-0.1, -0.05) is 13.8 Å². The summed E-state index contributed by atoms with van der Waals surface area (Å²) in [6.45, 7) is 4.39. The molecule has 0 spiro atoms. The van der Waals surface area contributed by atoms with Crippen LogP contribution in [0.2, 0.25) is 0 Å². The standard InChI is InChI=1S/C10H20N2O4S/c1-3-12(4-2)17(15,16)11-9-6-5-8(7-9)10(13)14/h8-9,11H,3-7H2,1-2H3,(H,13,14)/t8-,9+/m1/s1. The monoisotopic (exact) mass is 264 g/mol. The number of nitrogens with zero attached hydrogens (tertiary/aromatic N) is 1. The van der Waals surface area contributed by atoms with Gasteiger partial charge < -0.3 is 5.11 Å². The molecule has 0 aromatic carbocycles. The summed E-state index contributed by atoms with van der Waals surface area (Å²) in [5, 5.41) is 8.84. The van der Waals surface area contributed by atoms with Gasteiger partial charge in [0, 0.05) is 19.1 Å². The molecule has 0 aromatic rings. The van der Waals surface area contributed by atoms with Crippen molar-refractivity contribution in [2.75, 3.05) is 13.1 Å². The van der Waals surface area contributed by atoms with Crippen molar-refractivity contribution >= 4 is 16.2 Å². The molecule has 0 aliphatic heterocycles. The van der Waals surface area contributed by atoms with Gasteiger partial charge in [0.15, 0.2) is 0 Å². The van der Waals surface area contributed by atoms with E-state index >= 15 is 0 Å². The number of carboxylic acid groups (broad SMARTS) is 1. The van der Waals surface area contributed by atoms with E-state index in [1.54, 1.807) is 13.8 Å². The zero-order valence-corrected chi connectivity index (χ0v) is 11.0. The van der Waals surface area contributed by atoms with Crippen LogP contribution in [0.1, 0.15) is 33.1 Å². The van der Waals surface area contributed by atoms with E-state index in [2.05, 4.69) is 4.72 Å². The Labute approximate surface area is 102 Å². The van der Waals surface area contributed by atoms with Crippen molar-refractivity contribution in [3.8, 4) is 0 Å². The topological polar surface area (TPSA) is 86.7 Å². The third-order valence-corrected chi connectivity index (χ3v) is 4.97. The highest BCUT2D eigenvalue weighted by atomic mass is 32.2. The fourth-order valence-corrected chi connectivity index (χ4v) is 3.63. The number of hydrogen-bond donors (Lipinski definition) is 2. The van der Waals surface area contributed by atoms with Crippen LogP contribution >= 0.6 is 0 Å². The van der Waals surface area contributed by atoms with Crippen LogP contribution in [0.3, 0.4) is 0 Å². The summed E-state index contributed by atoms with van der Waals surface area (Å²) in [7, 11) is -3.46. The van der Waals surface area contributed by atoms with E-state index in [0.717, 1.165) is 0 Å². The summed E-state index contributed by atoms with van der Waals surface area (Å²) in [4.78, 5) is 10.8. The lowest BCUT2D eigenvalue weighted by atomic mass is 10.1.